The molecule has 2 aromatic heterocycles. The Kier molecular flexibility index (Phi) is 4.90. The van der Waals surface area contributed by atoms with Gasteiger partial charge in [-0.15, -0.1) is 5.10 Å². The quantitative estimate of drug-likeness (QED) is 0.723. The van der Waals surface area contributed by atoms with Crippen molar-refractivity contribution in [3.05, 3.63) is 54.9 Å². The average molecular weight is 339 g/mol. The number of thioether (sulfide) groups is 1. The van der Waals surface area contributed by atoms with Crippen LogP contribution < -0.4 is 4.90 Å². The van der Waals surface area contributed by atoms with Crippen LogP contribution in [0.1, 0.15) is 6.92 Å². The van der Waals surface area contributed by atoms with Crippen molar-refractivity contribution in [2.24, 2.45) is 0 Å². The number of amides is 1. The molecule has 0 fully saturated rings. The number of aromatic nitrogens is 4. The molecule has 3 aromatic rings. The van der Waals surface area contributed by atoms with Gasteiger partial charge in [0.15, 0.2) is 5.82 Å². The molecule has 1 aromatic carbocycles. The lowest BCUT2D eigenvalue weighted by Crippen LogP contribution is -2.33. The highest BCUT2D eigenvalue weighted by Crippen LogP contribution is 2.24. The van der Waals surface area contributed by atoms with Gasteiger partial charge in [-0.3, -0.25) is 14.9 Å². The molecule has 1 atom stereocenters. The predicted octanol–water partition coefficient (Wildman–Crippen LogP) is 3.01. The Morgan fingerprint density at radius 1 is 1.17 bits per heavy atom. The van der Waals surface area contributed by atoms with Gasteiger partial charge in [-0.1, -0.05) is 30.0 Å². The Morgan fingerprint density at radius 3 is 2.58 bits per heavy atom. The van der Waals surface area contributed by atoms with Crippen LogP contribution >= 0.6 is 11.8 Å². The highest BCUT2D eigenvalue weighted by atomic mass is 32.2. The summed E-state index contributed by atoms with van der Waals surface area (Å²) in [5.74, 6) is 0.664. The molecule has 0 spiro atoms. The maximum atomic E-state index is 12.6. The molecule has 7 heteroatoms. The molecule has 3 rings (SSSR count). The highest BCUT2D eigenvalue weighted by molar-refractivity contribution is 8.00. The van der Waals surface area contributed by atoms with Crippen LogP contribution in [0.5, 0.6) is 0 Å². The van der Waals surface area contributed by atoms with E-state index in [1.54, 1.807) is 24.3 Å². The third kappa shape index (κ3) is 3.62. The van der Waals surface area contributed by atoms with Crippen molar-refractivity contribution in [1.82, 2.24) is 20.2 Å². The predicted molar refractivity (Wildman–Crippen MR) is 94.8 cm³/mol. The van der Waals surface area contributed by atoms with Gasteiger partial charge in [-0.25, -0.2) is 4.98 Å². The first-order valence-corrected chi connectivity index (χ1v) is 8.35. The monoisotopic (exact) mass is 339 g/mol. The lowest BCUT2D eigenvalue weighted by atomic mass is 10.3. The molecule has 1 N–H and O–H groups in total. The second-order valence-corrected chi connectivity index (χ2v) is 6.50. The molecular formula is C17H17N5OS. The minimum absolute atomic E-state index is 0.00135. The van der Waals surface area contributed by atoms with Gasteiger partial charge in [0.05, 0.1) is 5.25 Å². The highest BCUT2D eigenvalue weighted by Gasteiger charge is 2.21. The molecule has 0 aliphatic heterocycles. The topological polar surface area (TPSA) is 74.8 Å². The zero-order valence-electron chi connectivity index (χ0n) is 13.4. The molecule has 0 saturated heterocycles. The van der Waals surface area contributed by atoms with Crippen LogP contribution in [0.3, 0.4) is 0 Å². The van der Waals surface area contributed by atoms with Crippen LogP contribution in [-0.4, -0.2) is 38.4 Å². The lowest BCUT2D eigenvalue weighted by Gasteiger charge is -2.20. The molecule has 0 bridgehead atoms. The Balaban J connectivity index is 1.68. The summed E-state index contributed by atoms with van der Waals surface area (Å²) in [6.07, 6.45) is 3.40. The van der Waals surface area contributed by atoms with Crippen LogP contribution in [0.15, 0.2) is 60.0 Å². The Labute approximate surface area is 144 Å². The Hall–Kier alpha value is -2.67. The summed E-state index contributed by atoms with van der Waals surface area (Å²) in [4.78, 5) is 22.6. The zero-order chi connectivity index (χ0) is 16.9. The van der Waals surface area contributed by atoms with E-state index < -0.39 is 0 Å². The normalized spacial score (nSPS) is 11.9. The van der Waals surface area contributed by atoms with E-state index in [2.05, 4.69) is 20.2 Å². The summed E-state index contributed by atoms with van der Waals surface area (Å²) < 4.78 is 0. The smallest absolute Gasteiger partial charge is 0.240 e. The van der Waals surface area contributed by atoms with E-state index in [-0.39, 0.29) is 11.2 Å². The number of benzene rings is 1. The summed E-state index contributed by atoms with van der Waals surface area (Å²) in [5.41, 5.74) is 1.77. The number of para-hydroxylation sites is 1. The van der Waals surface area contributed by atoms with Crippen molar-refractivity contribution in [3.63, 3.8) is 0 Å². The molecular weight excluding hydrogens is 322 g/mol. The van der Waals surface area contributed by atoms with Crippen molar-refractivity contribution >= 4 is 23.4 Å². The average Bonchev–Trinajstić information content (AvgIpc) is 3.10. The second-order valence-electron chi connectivity index (χ2n) is 5.20. The number of nitrogens with one attached hydrogen (secondary N) is 1. The van der Waals surface area contributed by atoms with Gasteiger partial charge in [-0.05, 0) is 31.2 Å². The van der Waals surface area contributed by atoms with Crippen molar-refractivity contribution in [3.8, 4) is 11.4 Å². The first-order valence-electron chi connectivity index (χ1n) is 7.47. The van der Waals surface area contributed by atoms with Gasteiger partial charge >= 0.3 is 0 Å². The van der Waals surface area contributed by atoms with E-state index in [1.807, 2.05) is 49.4 Å². The fourth-order valence-electron chi connectivity index (χ4n) is 2.20. The maximum absolute atomic E-state index is 12.6. The molecule has 0 aliphatic carbocycles. The minimum Gasteiger partial charge on any atom is -0.315 e. The van der Waals surface area contributed by atoms with Crippen molar-refractivity contribution < 1.29 is 4.79 Å². The maximum Gasteiger partial charge on any atom is 0.240 e. The fourth-order valence-corrected chi connectivity index (χ4v) is 3.02. The van der Waals surface area contributed by atoms with Crippen molar-refractivity contribution in [1.29, 1.82) is 0 Å². The molecule has 1 unspecified atom stereocenters. The Morgan fingerprint density at radius 2 is 1.88 bits per heavy atom. The summed E-state index contributed by atoms with van der Waals surface area (Å²) in [6.45, 7) is 1.86. The van der Waals surface area contributed by atoms with E-state index >= 15 is 0 Å². The molecule has 6 nitrogen and oxygen atoms in total. The molecule has 122 valence electrons. The van der Waals surface area contributed by atoms with Gasteiger partial charge in [0.2, 0.25) is 11.1 Å². The van der Waals surface area contributed by atoms with Gasteiger partial charge in [0, 0.05) is 30.7 Å². The number of pyridine rings is 1. The van der Waals surface area contributed by atoms with Gasteiger partial charge in [0.25, 0.3) is 0 Å². The summed E-state index contributed by atoms with van der Waals surface area (Å²) in [7, 11) is 1.77. The third-order valence-corrected chi connectivity index (χ3v) is 4.47. The number of H-pyrrole nitrogens is 1. The van der Waals surface area contributed by atoms with Gasteiger partial charge < -0.3 is 4.90 Å². The van der Waals surface area contributed by atoms with E-state index in [9.17, 15) is 4.79 Å². The van der Waals surface area contributed by atoms with E-state index in [4.69, 9.17) is 0 Å². The van der Waals surface area contributed by atoms with Crippen LogP contribution in [-0.2, 0) is 4.79 Å². The number of anilines is 1. The van der Waals surface area contributed by atoms with Gasteiger partial charge in [0.1, 0.15) is 0 Å². The number of carbonyl (C=O) groups excluding carboxylic acids is 1. The summed E-state index contributed by atoms with van der Waals surface area (Å²) in [5, 5.41) is 7.33. The van der Waals surface area contributed by atoms with Crippen LogP contribution in [0.2, 0.25) is 0 Å². The number of nitrogens with zero attached hydrogens (tertiary/aromatic N) is 4. The molecule has 0 aliphatic rings. The SMILES string of the molecule is CC(Sc1n[nH]c(-c2ccncc2)n1)C(=O)N(C)c1ccccc1. The minimum atomic E-state index is -0.295. The lowest BCUT2D eigenvalue weighted by molar-refractivity contribution is -0.117. The number of aromatic amines is 1. The third-order valence-electron chi connectivity index (χ3n) is 3.52. The molecule has 0 radical (unpaired) electrons. The van der Waals surface area contributed by atoms with Crippen LogP contribution in [0.4, 0.5) is 5.69 Å². The molecule has 24 heavy (non-hydrogen) atoms. The number of hydrogen-bond acceptors (Lipinski definition) is 5. The van der Waals surface area contributed by atoms with Crippen LogP contribution in [0.25, 0.3) is 11.4 Å². The number of rotatable bonds is 5. The summed E-state index contributed by atoms with van der Waals surface area (Å²) >= 11 is 1.33. The largest absolute Gasteiger partial charge is 0.315 e. The van der Waals surface area contributed by atoms with Crippen molar-refractivity contribution in [2.75, 3.05) is 11.9 Å². The van der Waals surface area contributed by atoms with E-state index in [0.29, 0.717) is 11.0 Å². The van der Waals surface area contributed by atoms with E-state index in [1.165, 1.54) is 11.8 Å². The second kappa shape index (κ2) is 7.27. The van der Waals surface area contributed by atoms with Gasteiger partial charge in [-0.2, -0.15) is 0 Å². The number of carbonyl (C=O) groups is 1. The summed E-state index contributed by atoms with van der Waals surface area (Å²) in [6, 6.07) is 13.3. The fraction of sp³-hybridized carbons (Fsp3) is 0.176. The first-order chi connectivity index (χ1) is 11.6. The van der Waals surface area contributed by atoms with Crippen molar-refractivity contribution in [2.45, 2.75) is 17.3 Å². The first kappa shape index (κ1) is 16.2. The standard InChI is InChI=1S/C17H17N5OS/c1-12(16(23)22(2)14-6-4-3-5-7-14)24-17-19-15(20-21-17)13-8-10-18-11-9-13/h3-12H,1-2H3,(H,19,20,21). The molecule has 2 heterocycles. The number of hydrogen-bond donors (Lipinski definition) is 1. The van der Waals surface area contributed by atoms with Crippen LogP contribution in [0, 0.1) is 0 Å². The molecule has 1 amide bonds. The Bertz CT molecular complexity index is 806. The van der Waals surface area contributed by atoms with E-state index in [0.717, 1.165) is 11.3 Å². The zero-order valence-corrected chi connectivity index (χ0v) is 14.2. The molecule has 0 saturated carbocycles.